The van der Waals surface area contributed by atoms with Gasteiger partial charge in [-0.15, -0.1) is 0 Å². The second-order valence-corrected chi connectivity index (χ2v) is 4.62. The van der Waals surface area contributed by atoms with Crippen molar-refractivity contribution in [3.8, 4) is 5.75 Å². The van der Waals surface area contributed by atoms with E-state index in [-0.39, 0.29) is 13.0 Å². The highest BCUT2D eigenvalue weighted by Crippen LogP contribution is 2.26. The van der Waals surface area contributed by atoms with Gasteiger partial charge >= 0.3 is 5.97 Å². The number of carbonyl (C=O) groups is 2. The lowest BCUT2D eigenvalue weighted by Crippen LogP contribution is -2.38. The van der Waals surface area contributed by atoms with Gasteiger partial charge in [-0.1, -0.05) is 23.2 Å². The van der Waals surface area contributed by atoms with Crippen LogP contribution in [0.25, 0.3) is 0 Å². The molecular weight excluding hydrogens is 293 g/mol. The summed E-state index contributed by atoms with van der Waals surface area (Å²) in [6, 6.07) is 3.84. The molecule has 104 valence electrons. The summed E-state index contributed by atoms with van der Waals surface area (Å²) in [6.07, 6.45) is 0.0534. The first-order valence-corrected chi connectivity index (χ1v) is 6.25. The summed E-state index contributed by atoms with van der Waals surface area (Å²) < 4.78 is 5.30. The number of carboxylic acid groups (broad SMARTS) is 1. The van der Waals surface area contributed by atoms with Crippen molar-refractivity contribution in [3.05, 3.63) is 28.2 Å². The number of ether oxygens (including phenoxy) is 1. The zero-order valence-electron chi connectivity index (χ0n) is 10.2. The van der Waals surface area contributed by atoms with Gasteiger partial charge < -0.3 is 15.2 Å². The van der Waals surface area contributed by atoms with Crippen LogP contribution >= 0.6 is 23.2 Å². The van der Waals surface area contributed by atoms with Crippen molar-refractivity contribution in [1.82, 2.24) is 5.32 Å². The predicted molar refractivity (Wildman–Crippen MR) is 71.8 cm³/mol. The van der Waals surface area contributed by atoms with Crippen LogP contribution in [0.3, 0.4) is 0 Å². The molecule has 1 amide bonds. The molecule has 0 bridgehead atoms. The molecule has 7 heteroatoms. The van der Waals surface area contributed by atoms with E-state index in [1.807, 2.05) is 0 Å². The summed E-state index contributed by atoms with van der Waals surface area (Å²) >= 11 is 11.5. The van der Waals surface area contributed by atoms with Crippen molar-refractivity contribution in [3.63, 3.8) is 0 Å². The molecule has 0 aliphatic heterocycles. The molecule has 0 saturated heterocycles. The Morgan fingerprint density at radius 2 is 2.05 bits per heavy atom. The minimum atomic E-state index is -1.08. The predicted octanol–water partition coefficient (Wildman–Crippen LogP) is 2.35. The molecule has 19 heavy (non-hydrogen) atoms. The lowest BCUT2D eigenvalue weighted by atomic mass is 10.3. The molecule has 0 aliphatic rings. The number of aliphatic carboxylic acids is 1. The maximum atomic E-state index is 11.4. The number of nitrogens with one attached hydrogen (secondary N) is 1. The van der Waals surface area contributed by atoms with Gasteiger partial charge in [0.1, 0.15) is 11.8 Å². The van der Waals surface area contributed by atoms with E-state index in [0.29, 0.717) is 15.8 Å². The van der Waals surface area contributed by atoms with Gasteiger partial charge in [0.2, 0.25) is 5.91 Å². The van der Waals surface area contributed by atoms with E-state index in [2.05, 4.69) is 5.32 Å². The molecule has 1 rings (SSSR count). The van der Waals surface area contributed by atoms with Crippen molar-refractivity contribution < 1.29 is 19.4 Å². The molecule has 5 nitrogen and oxygen atoms in total. The van der Waals surface area contributed by atoms with Crippen LogP contribution < -0.4 is 10.1 Å². The van der Waals surface area contributed by atoms with Crippen molar-refractivity contribution in [2.24, 2.45) is 0 Å². The lowest BCUT2D eigenvalue weighted by molar-refractivity contribution is -0.141. The van der Waals surface area contributed by atoms with E-state index in [9.17, 15) is 9.59 Å². The second kappa shape index (κ2) is 7.21. The average molecular weight is 306 g/mol. The Kier molecular flexibility index (Phi) is 5.92. The second-order valence-electron chi connectivity index (χ2n) is 3.80. The van der Waals surface area contributed by atoms with Gasteiger partial charge in [0.15, 0.2) is 0 Å². The number of hydrogen-bond acceptors (Lipinski definition) is 3. The van der Waals surface area contributed by atoms with Gasteiger partial charge in [0.25, 0.3) is 0 Å². The normalized spacial score (nSPS) is 11.7. The van der Waals surface area contributed by atoms with Crippen LogP contribution in [-0.2, 0) is 9.59 Å². The molecule has 1 aromatic carbocycles. The van der Waals surface area contributed by atoms with Crippen molar-refractivity contribution in [2.45, 2.75) is 19.4 Å². The molecule has 2 N–H and O–H groups in total. The largest absolute Gasteiger partial charge is 0.493 e. The van der Waals surface area contributed by atoms with E-state index < -0.39 is 17.9 Å². The average Bonchev–Trinajstić information content (AvgIpc) is 2.33. The lowest BCUT2D eigenvalue weighted by Gasteiger charge is -2.10. The fraction of sp³-hybridized carbons (Fsp3) is 0.333. The van der Waals surface area contributed by atoms with E-state index in [0.717, 1.165) is 0 Å². The number of amides is 1. The van der Waals surface area contributed by atoms with Crippen LogP contribution in [0.1, 0.15) is 13.3 Å². The molecule has 1 atom stereocenters. The summed E-state index contributed by atoms with van der Waals surface area (Å²) in [5.74, 6) is -0.984. The van der Waals surface area contributed by atoms with Crippen LogP contribution in [0.5, 0.6) is 5.75 Å². The number of hydrogen-bond donors (Lipinski definition) is 2. The Hall–Kier alpha value is -1.46. The Bertz CT molecular complexity index is 479. The molecule has 0 heterocycles. The fourth-order valence-corrected chi connectivity index (χ4v) is 1.49. The molecule has 0 saturated carbocycles. The Labute approximate surface area is 120 Å². The number of benzene rings is 1. The Morgan fingerprint density at radius 1 is 1.37 bits per heavy atom. The van der Waals surface area contributed by atoms with Crippen molar-refractivity contribution >= 4 is 35.1 Å². The Balaban J connectivity index is 2.35. The topological polar surface area (TPSA) is 75.6 Å². The van der Waals surface area contributed by atoms with E-state index in [1.54, 1.807) is 18.2 Å². The summed E-state index contributed by atoms with van der Waals surface area (Å²) in [5, 5.41) is 11.7. The number of carbonyl (C=O) groups excluding carboxylic acids is 1. The molecule has 0 spiro atoms. The number of rotatable bonds is 6. The maximum absolute atomic E-state index is 11.4. The molecule has 0 radical (unpaired) electrons. The van der Waals surface area contributed by atoms with Gasteiger partial charge in [0, 0.05) is 6.07 Å². The van der Waals surface area contributed by atoms with Crippen LogP contribution in [0, 0.1) is 0 Å². The van der Waals surface area contributed by atoms with Gasteiger partial charge in [-0.2, -0.15) is 0 Å². The van der Waals surface area contributed by atoms with Gasteiger partial charge in [0.05, 0.1) is 23.1 Å². The third kappa shape index (κ3) is 5.36. The monoisotopic (exact) mass is 305 g/mol. The number of halogens is 2. The highest BCUT2D eigenvalue weighted by molar-refractivity contribution is 6.42. The summed E-state index contributed by atoms with van der Waals surface area (Å²) in [6.45, 7) is 1.51. The first kappa shape index (κ1) is 15.6. The molecule has 0 fully saturated rings. The van der Waals surface area contributed by atoms with Gasteiger partial charge in [-0.05, 0) is 19.1 Å². The molecule has 0 unspecified atom stereocenters. The van der Waals surface area contributed by atoms with Crippen LogP contribution in [0.2, 0.25) is 10.0 Å². The minimum absolute atomic E-state index is 0.0534. The first-order chi connectivity index (χ1) is 8.90. The van der Waals surface area contributed by atoms with E-state index in [1.165, 1.54) is 6.92 Å². The molecular formula is C12H13Cl2NO4. The van der Waals surface area contributed by atoms with Crippen molar-refractivity contribution in [1.29, 1.82) is 0 Å². The van der Waals surface area contributed by atoms with Crippen molar-refractivity contribution in [2.75, 3.05) is 6.61 Å². The van der Waals surface area contributed by atoms with Crippen LogP contribution in [-0.4, -0.2) is 29.6 Å². The highest BCUT2D eigenvalue weighted by atomic mass is 35.5. The standard InChI is InChI=1S/C12H13Cl2NO4/c1-7(12(17)18)15-11(16)4-5-19-8-2-3-9(13)10(14)6-8/h2-3,6-7H,4-5H2,1H3,(H,15,16)(H,17,18)/t7-/m1/s1. The van der Waals surface area contributed by atoms with Crippen LogP contribution in [0.4, 0.5) is 0 Å². The zero-order chi connectivity index (χ0) is 14.4. The van der Waals surface area contributed by atoms with E-state index in [4.69, 9.17) is 33.0 Å². The molecule has 1 aromatic rings. The third-order valence-electron chi connectivity index (χ3n) is 2.24. The summed E-state index contributed by atoms with van der Waals surface area (Å²) in [4.78, 5) is 21.9. The third-order valence-corrected chi connectivity index (χ3v) is 2.98. The fourth-order valence-electron chi connectivity index (χ4n) is 1.20. The van der Waals surface area contributed by atoms with Gasteiger partial charge in [-0.3, -0.25) is 9.59 Å². The quantitative estimate of drug-likeness (QED) is 0.846. The summed E-state index contributed by atoms with van der Waals surface area (Å²) in [5.41, 5.74) is 0. The SMILES string of the molecule is C[C@@H](NC(=O)CCOc1ccc(Cl)c(Cl)c1)C(=O)O. The molecule has 0 aliphatic carbocycles. The zero-order valence-corrected chi connectivity index (χ0v) is 11.7. The number of carboxylic acids is 1. The van der Waals surface area contributed by atoms with E-state index >= 15 is 0 Å². The smallest absolute Gasteiger partial charge is 0.325 e. The summed E-state index contributed by atoms with van der Waals surface area (Å²) in [7, 11) is 0. The van der Waals surface area contributed by atoms with Crippen LogP contribution in [0.15, 0.2) is 18.2 Å². The Morgan fingerprint density at radius 3 is 2.63 bits per heavy atom. The maximum Gasteiger partial charge on any atom is 0.325 e. The first-order valence-electron chi connectivity index (χ1n) is 5.50. The van der Waals surface area contributed by atoms with Gasteiger partial charge in [-0.25, -0.2) is 0 Å². The molecule has 0 aromatic heterocycles. The minimum Gasteiger partial charge on any atom is -0.493 e. The highest BCUT2D eigenvalue weighted by Gasteiger charge is 2.13.